The van der Waals surface area contributed by atoms with E-state index < -0.39 is 21.7 Å². The number of sulfonamides is 1. The molecule has 0 saturated heterocycles. The first-order chi connectivity index (χ1) is 14.4. The highest BCUT2D eigenvalue weighted by atomic mass is 35.5. The van der Waals surface area contributed by atoms with Crippen LogP contribution in [0.15, 0.2) is 71.6 Å². The highest BCUT2D eigenvalue weighted by Crippen LogP contribution is 2.33. The molecule has 3 aromatic rings. The van der Waals surface area contributed by atoms with Gasteiger partial charge in [-0.1, -0.05) is 23.7 Å². The summed E-state index contributed by atoms with van der Waals surface area (Å²) in [4.78, 5) is 12.7. The summed E-state index contributed by atoms with van der Waals surface area (Å²) in [5.41, 5.74) is 1.72. The molecule has 1 aliphatic heterocycles. The van der Waals surface area contributed by atoms with Gasteiger partial charge in [0, 0.05) is 17.1 Å². The van der Waals surface area contributed by atoms with Gasteiger partial charge in [-0.15, -0.1) is 0 Å². The van der Waals surface area contributed by atoms with Gasteiger partial charge in [0.2, 0.25) is 0 Å². The molecule has 5 nitrogen and oxygen atoms in total. The van der Waals surface area contributed by atoms with E-state index in [0.717, 1.165) is 5.56 Å². The molecule has 1 aliphatic rings. The number of nitrogens with zero attached hydrogens (tertiary/aromatic N) is 1. The van der Waals surface area contributed by atoms with E-state index in [1.54, 1.807) is 30.3 Å². The van der Waals surface area contributed by atoms with Crippen LogP contribution in [0.5, 0.6) is 0 Å². The van der Waals surface area contributed by atoms with Crippen LogP contribution in [-0.2, 0) is 16.4 Å². The number of hydrogen-bond donors (Lipinski definition) is 1. The van der Waals surface area contributed by atoms with Crippen molar-refractivity contribution in [3.05, 3.63) is 88.7 Å². The smallest absolute Gasteiger partial charge is 0.264 e. The van der Waals surface area contributed by atoms with Crippen LogP contribution in [0.2, 0.25) is 5.02 Å². The molecule has 8 heteroatoms. The number of fused-ring (bicyclic) bond motifs is 1. The lowest BCUT2D eigenvalue weighted by molar-refractivity contribution is 0.102. The number of anilines is 2. The van der Waals surface area contributed by atoms with E-state index in [-0.39, 0.29) is 10.6 Å². The Kier molecular flexibility index (Phi) is 5.49. The molecule has 0 radical (unpaired) electrons. The summed E-state index contributed by atoms with van der Waals surface area (Å²) in [5, 5.41) is 3.00. The lowest BCUT2D eigenvalue weighted by Crippen LogP contribution is -2.35. The Bertz CT molecular complexity index is 1210. The van der Waals surface area contributed by atoms with E-state index in [4.69, 9.17) is 11.6 Å². The summed E-state index contributed by atoms with van der Waals surface area (Å²) in [6, 6.07) is 16.8. The van der Waals surface area contributed by atoms with Gasteiger partial charge in [-0.3, -0.25) is 9.10 Å². The molecular formula is C22H18ClFN2O3S. The lowest BCUT2D eigenvalue weighted by Gasteiger charge is -2.30. The first kappa shape index (κ1) is 20.4. The van der Waals surface area contributed by atoms with Crippen molar-refractivity contribution in [1.82, 2.24) is 0 Å². The molecule has 0 bridgehead atoms. The van der Waals surface area contributed by atoms with Gasteiger partial charge < -0.3 is 5.32 Å². The summed E-state index contributed by atoms with van der Waals surface area (Å²) in [5.74, 6) is -0.982. The Labute approximate surface area is 179 Å². The van der Waals surface area contributed by atoms with Gasteiger partial charge >= 0.3 is 0 Å². The predicted octanol–water partition coefficient (Wildman–Crippen LogP) is 4.87. The zero-order chi connectivity index (χ0) is 21.3. The van der Waals surface area contributed by atoms with Gasteiger partial charge in [0.1, 0.15) is 5.82 Å². The average Bonchev–Trinajstić information content (AvgIpc) is 2.74. The molecule has 154 valence electrons. The topological polar surface area (TPSA) is 66.5 Å². The third kappa shape index (κ3) is 3.91. The first-order valence-electron chi connectivity index (χ1n) is 9.33. The highest BCUT2D eigenvalue weighted by molar-refractivity contribution is 7.92. The zero-order valence-corrected chi connectivity index (χ0v) is 17.4. The molecule has 0 unspecified atom stereocenters. The molecule has 0 spiro atoms. The summed E-state index contributed by atoms with van der Waals surface area (Å²) >= 11 is 5.87. The first-order valence-corrected chi connectivity index (χ1v) is 11.2. The fourth-order valence-electron chi connectivity index (χ4n) is 3.44. The third-order valence-electron chi connectivity index (χ3n) is 4.94. The van der Waals surface area contributed by atoms with Crippen molar-refractivity contribution in [2.24, 2.45) is 0 Å². The van der Waals surface area contributed by atoms with Gasteiger partial charge in [-0.2, -0.15) is 0 Å². The molecule has 0 fully saturated rings. The third-order valence-corrected chi connectivity index (χ3v) is 7.02. The zero-order valence-electron chi connectivity index (χ0n) is 15.8. The maximum Gasteiger partial charge on any atom is 0.264 e. The number of carbonyl (C=O) groups is 1. The van der Waals surface area contributed by atoms with Crippen molar-refractivity contribution >= 4 is 38.9 Å². The Balaban J connectivity index is 1.63. The SMILES string of the molecule is O=C(Nc1ccccc1F)c1ccc2c(c1)CCCN2S(=O)(=O)c1ccc(Cl)cc1. The van der Waals surface area contributed by atoms with Crippen LogP contribution in [0.3, 0.4) is 0 Å². The number of benzene rings is 3. The Morgan fingerprint density at radius 1 is 1.03 bits per heavy atom. The molecule has 1 heterocycles. The maximum atomic E-state index is 13.8. The standard InChI is InChI=1S/C22H18ClFN2O3S/c23-17-8-10-18(11-9-17)30(28,29)26-13-3-4-15-14-16(7-12-21(15)26)22(27)25-20-6-2-1-5-19(20)24/h1-2,5-12,14H,3-4,13H2,(H,25,27). The lowest BCUT2D eigenvalue weighted by atomic mass is 10.0. The number of halogens is 2. The quantitative estimate of drug-likeness (QED) is 0.624. The van der Waals surface area contributed by atoms with Crippen molar-refractivity contribution < 1.29 is 17.6 Å². The number of carbonyl (C=O) groups excluding carboxylic acids is 1. The number of amides is 1. The van der Waals surface area contributed by atoms with E-state index in [1.807, 2.05) is 0 Å². The van der Waals surface area contributed by atoms with Gasteiger partial charge in [-0.05, 0) is 73.0 Å². The minimum absolute atomic E-state index is 0.0900. The Morgan fingerprint density at radius 3 is 2.50 bits per heavy atom. The van der Waals surface area contributed by atoms with Crippen molar-refractivity contribution in [1.29, 1.82) is 0 Å². The summed E-state index contributed by atoms with van der Waals surface area (Å²) < 4.78 is 41.4. The van der Waals surface area contributed by atoms with E-state index in [9.17, 15) is 17.6 Å². The minimum Gasteiger partial charge on any atom is -0.319 e. The number of hydrogen-bond acceptors (Lipinski definition) is 3. The van der Waals surface area contributed by atoms with Gasteiger partial charge in [-0.25, -0.2) is 12.8 Å². The monoisotopic (exact) mass is 444 g/mol. The van der Waals surface area contributed by atoms with Crippen LogP contribution in [0, 0.1) is 5.82 Å². The second-order valence-corrected chi connectivity index (χ2v) is 9.21. The molecule has 1 N–H and O–H groups in total. The number of rotatable bonds is 4. The number of para-hydroxylation sites is 1. The molecule has 0 aromatic heterocycles. The molecule has 0 aliphatic carbocycles. The minimum atomic E-state index is -3.75. The van der Waals surface area contributed by atoms with E-state index in [1.165, 1.54) is 40.7 Å². The largest absolute Gasteiger partial charge is 0.319 e. The van der Waals surface area contributed by atoms with E-state index >= 15 is 0 Å². The second-order valence-electron chi connectivity index (χ2n) is 6.91. The van der Waals surface area contributed by atoms with Crippen molar-refractivity contribution in [3.8, 4) is 0 Å². The fraction of sp³-hybridized carbons (Fsp3) is 0.136. The number of nitrogens with one attached hydrogen (secondary N) is 1. The van der Waals surface area contributed by atoms with Crippen LogP contribution < -0.4 is 9.62 Å². The van der Waals surface area contributed by atoms with Crippen LogP contribution in [0.4, 0.5) is 15.8 Å². The average molecular weight is 445 g/mol. The number of aryl methyl sites for hydroxylation is 1. The normalized spacial score (nSPS) is 13.6. The molecule has 30 heavy (non-hydrogen) atoms. The van der Waals surface area contributed by atoms with Crippen molar-refractivity contribution in [3.63, 3.8) is 0 Å². The molecule has 0 saturated carbocycles. The van der Waals surface area contributed by atoms with Crippen molar-refractivity contribution in [2.45, 2.75) is 17.7 Å². The van der Waals surface area contributed by atoms with Crippen molar-refractivity contribution in [2.75, 3.05) is 16.2 Å². The fourth-order valence-corrected chi connectivity index (χ4v) is 5.11. The van der Waals surface area contributed by atoms with Gasteiger partial charge in [0.25, 0.3) is 15.9 Å². The molecule has 3 aromatic carbocycles. The van der Waals surface area contributed by atoms with Crippen LogP contribution >= 0.6 is 11.6 Å². The second kappa shape index (κ2) is 8.08. The summed E-state index contributed by atoms with van der Waals surface area (Å²) in [6.45, 7) is 0.346. The maximum absolute atomic E-state index is 13.8. The Morgan fingerprint density at radius 2 is 1.77 bits per heavy atom. The highest BCUT2D eigenvalue weighted by Gasteiger charge is 2.29. The van der Waals surface area contributed by atoms with Crippen LogP contribution in [0.25, 0.3) is 0 Å². The van der Waals surface area contributed by atoms with E-state index in [0.29, 0.717) is 35.7 Å². The molecule has 0 atom stereocenters. The summed E-state index contributed by atoms with van der Waals surface area (Å²) in [7, 11) is -3.75. The summed E-state index contributed by atoms with van der Waals surface area (Å²) in [6.07, 6.45) is 1.26. The molecule has 4 rings (SSSR count). The predicted molar refractivity (Wildman–Crippen MR) is 115 cm³/mol. The van der Waals surface area contributed by atoms with E-state index in [2.05, 4.69) is 5.32 Å². The van der Waals surface area contributed by atoms with Crippen LogP contribution in [-0.4, -0.2) is 20.9 Å². The van der Waals surface area contributed by atoms with Crippen LogP contribution in [0.1, 0.15) is 22.3 Å². The molecule has 1 amide bonds. The molecular weight excluding hydrogens is 427 g/mol. The Hall–Kier alpha value is -2.90. The van der Waals surface area contributed by atoms with Gasteiger partial charge in [0.15, 0.2) is 0 Å². The van der Waals surface area contributed by atoms with Gasteiger partial charge in [0.05, 0.1) is 16.3 Å².